The van der Waals surface area contributed by atoms with Crippen molar-refractivity contribution in [2.24, 2.45) is 5.92 Å². The number of H-pyrrole nitrogens is 1. The highest BCUT2D eigenvalue weighted by molar-refractivity contribution is 4.99. The summed E-state index contributed by atoms with van der Waals surface area (Å²) >= 11 is 0. The fourth-order valence-electron chi connectivity index (χ4n) is 1.54. The van der Waals surface area contributed by atoms with Crippen molar-refractivity contribution < 1.29 is 0 Å². The Bertz CT molecular complexity index is 199. The highest BCUT2D eigenvalue weighted by Crippen LogP contribution is 2.39. The van der Waals surface area contributed by atoms with Crippen LogP contribution in [-0.4, -0.2) is 15.2 Å². The van der Waals surface area contributed by atoms with E-state index in [0.717, 1.165) is 11.7 Å². The Labute approximate surface area is 59.9 Å². The molecule has 10 heavy (non-hydrogen) atoms. The third-order valence-electron chi connectivity index (χ3n) is 2.19. The molecule has 1 aliphatic rings. The summed E-state index contributed by atoms with van der Waals surface area (Å²) in [6.45, 7) is 2.27. The summed E-state index contributed by atoms with van der Waals surface area (Å²) in [7, 11) is 0. The maximum atomic E-state index is 4.11. The third kappa shape index (κ3) is 0.818. The number of hydrogen-bond donors (Lipinski definition) is 1. The molecular formula is C7H11N3. The molecule has 0 amide bonds. The van der Waals surface area contributed by atoms with Gasteiger partial charge < -0.3 is 0 Å². The van der Waals surface area contributed by atoms with E-state index in [-0.39, 0.29) is 0 Å². The highest BCUT2D eigenvalue weighted by atomic mass is 15.2. The molecule has 3 nitrogen and oxygen atoms in total. The number of aromatic nitrogens is 3. The van der Waals surface area contributed by atoms with Crippen molar-refractivity contribution in [2.45, 2.75) is 25.7 Å². The molecule has 1 heterocycles. The molecular weight excluding hydrogens is 126 g/mol. The van der Waals surface area contributed by atoms with Crippen LogP contribution in [0.3, 0.4) is 0 Å². The molecule has 1 saturated carbocycles. The number of nitrogens with one attached hydrogen (secondary N) is 1. The van der Waals surface area contributed by atoms with Crippen LogP contribution in [-0.2, 0) is 0 Å². The van der Waals surface area contributed by atoms with Crippen molar-refractivity contribution in [2.75, 3.05) is 0 Å². The van der Waals surface area contributed by atoms with E-state index in [1.54, 1.807) is 6.33 Å². The monoisotopic (exact) mass is 137 g/mol. The van der Waals surface area contributed by atoms with Gasteiger partial charge in [-0.3, -0.25) is 5.10 Å². The molecule has 54 valence electrons. The molecule has 1 N–H and O–H groups in total. The van der Waals surface area contributed by atoms with E-state index in [0.29, 0.717) is 5.92 Å². The van der Waals surface area contributed by atoms with E-state index in [4.69, 9.17) is 0 Å². The normalized spacial score (nSPS) is 31.7. The Hall–Kier alpha value is -0.860. The first-order valence-electron chi connectivity index (χ1n) is 3.71. The van der Waals surface area contributed by atoms with Gasteiger partial charge in [-0.25, -0.2) is 4.98 Å². The van der Waals surface area contributed by atoms with E-state index in [1.807, 2.05) is 0 Å². The molecule has 1 fully saturated rings. The van der Waals surface area contributed by atoms with Crippen molar-refractivity contribution >= 4 is 0 Å². The third-order valence-corrected chi connectivity index (χ3v) is 2.19. The van der Waals surface area contributed by atoms with Crippen LogP contribution in [0, 0.1) is 5.92 Å². The zero-order valence-corrected chi connectivity index (χ0v) is 6.04. The number of aromatic amines is 1. The van der Waals surface area contributed by atoms with E-state index in [9.17, 15) is 0 Å². The van der Waals surface area contributed by atoms with Crippen LogP contribution in [0.15, 0.2) is 6.33 Å². The van der Waals surface area contributed by atoms with Crippen molar-refractivity contribution in [1.29, 1.82) is 0 Å². The molecule has 1 aromatic heterocycles. The minimum absolute atomic E-state index is 0.664. The zero-order valence-electron chi connectivity index (χ0n) is 6.04. The first-order valence-corrected chi connectivity index (χ1v) is 3.71. The smallest absolute Gasteiger partial charge is 0.137 e. The number of rotatable bonds is 1. The fraction of sp³-hybridized carbons (Fsp3) is 0.714. The molecule has 0 radical (unpaired) electrons. The van der Waals surface area contributed by atoms with Crippen molar-refractivity contribution in [1.82, 2.24) is 15.2 Å². The lowest BCUT2D eigenvalue weighted by Crippen LogP contribution is -2.19. The van der Waals surface area contributed by atoms with E-state index >= 15 is 0 Å². The lowest BCUT2D eigenvalue weighted by atomic mass is 9.76. The van der Waals surface area contributed by atoms with Crippen molar-refractivity contribution in [3.63, 3.8) is 0 Å². The Morgan fingerprint density at radius 2 is 2.40 bits per heavy atom. The SMILES string of the molecule is CC1CC(c2ncn[nH]2)C1. The van der Waals surface area contributed by atoms with Crippen LogP contribution < -0.4 is 0 Å². The van der Waals surface area contributed by atoms with E-state index in [1.165, 1.54) is 12.8 Å². The van der Waals surface area contributed by atoms with E-state index in [2.05, 4.69) is 22.1 Å². The largest absolute Gasteiger partial charge is 0.263 e. The van der Waals surface area contributed by atoms with E-state index < -0.39 is 0 Å². The molecule has 0 bridgehead atoms. The predicted octanol–water partition coefficient (Wildman–Crippen LogP) is 1.32. The number of hydrogen-bond acceptors (Lipinski definition) is 2. The van der Waals surface area contributed by atoms with Gasteiger partial charge in [0.15, 0.2) is 0 Å². The van der Waals surface area contributed by atoms with Crippen LogP contribution in [0.4, 0.5) is 0 Å². The molecule has 0 unspecified atom stereocenters. The lowest BCUT2D eigenvalue weighted by Gasteiger charge is -2.30. The summed E-state index contributed by atoms with van der Waals surface area (Å²) in [5, 5.41) is 6.71. The molecule has 0 aromatic carbocycles. The summed E-state index contributed by atoms with van der Waals surface area (Å²) in [6, 6.07) is 0. The van der Waals surface area contributed by atoms with Crippen LogP contribution in [0.1, 0.15) is 31.5 Å². The minimum Gasteiger partial charge on any atom is -0.263 e. The Morgan fingerprint density at radius 1 is 1.60 bits per heavy atom. The first-order chi connectivity index (χ1) is 4.86. The van der Waals surface area contributed by atoms with Gasteiger partial charge in [-0.2, -0.15) is 5.10 Å². The second-order valence-corrected chi connectivity index (χ2v) is 3.14. The summed E-state index contributed by atoms with van der Waals surface area (Å²) in [4.78, 5) is 4.11. The summed E-state index contributed by atoms with van der Waals surface area (Å²) in [5.41, 5.74) is 0. The first kappa shape index (κ1) is 5.89. The lowest BCUT2D eigenvalue weighted by molar-refractivity contribution is 0.278. The van der Waals surface area contributed by atoms with Crippen molar-refractivity contribution in [3.8, 4) is 0 Å². The van der Waals surface area contributed by atoms with Crippen LogP contribution >= 0.6 is 0 Å². The average molecular weight is 137 g/mol. The van der Waals surface area contributed by atoms with Gasteiger partial charge in [0.25, 0.3) is 0 Å². The Kier molecular flexibility index (Phi) is 1.22. The summed E-state index contributed by atoms with van der Waals surface area (Å²) < 4.78 is 0. The fourth-order valence-corrected chi connectivity index (χ4v) is 1.54. The molecule has 0 atom stereocenters. The molecule has 1 aromatic rings. The predicted molar refractivity (Wildman–Crippen MR) is 37.5 cm³/mol. The molecule has 0 aliphatic heterocycles. The molecule has 1 aliphatic carbocycles. The van der Waals surface area contributed by atoms with Crippen LogP contribution in [0.5, 0.6) is 0 Å². The second-order valence-electron chi connectivity index (χ2n) is 3.14. The number of nitrogens with zero attached hydrogens (tertiary/aromatic N) is 2. The van der Waals surface area contributed by atoms with Gasteiger partial charge in [0.2, 0.25) is 0 Å². The maximum absolute atomic E-state index is 4.11. The Balaban J connectivity index is 2.04. The summed E-state index contributed by atoms with van der Waals surface area (Å²) in [5.74, 6) is 2.62. The molecule has 0 saturated heterocycles. The van der Waals surface area contributed by atoms with Crippen LogP contribution in [0.2, 0.25) is 0 Å². The quantitative estimate of drug-likeness (QED) is 0.634. The van der Waals surface area contributed by atoms with Gasteiger partial charge in [0.05, 0.1) is 0 Å². The van der Waals surface area contributed by atoms with Gasteiger partial charge in [0, 0.05) is 5.92 Å². The topological polar surface area (TPSA) is 41.6 Å². The standard InChI is InChI=1S/C7H11N3/c1-5-2-6(3-5)7-8-4-9-10-7/h4-6H,2-3H2,1H3,(H,8,9,10). The van der Waals surface area contributed by atoms with Gasteiger partial charge in [-0.1, -0.05) is 6.92 Å². The Morgan fingerprint density at radius 3 is 2.90 bits per heavy atom. The highest BCUT2D eigenvalue weighted by Gasteiger charge is 2.28. The van der Waals surface area contributed by atoms with Crippen LogP contribution in [0.25, 0.3) is 0 Å². The van der Waals surface area contributed by atoms with Gasteiger partial charge in [-0.05, 0) is 18.8 Å². The molecule has 3 heteroatoms. The van der Waals surface area contributed by atoms with Gasteiger partial charge in [-0.15, -0.1) is 0 Å². The molecule has 0 spiro atoms. The molecule has 2 rings (SSSR count). The van der Waals surface area contributed by atoms with Crippen molar-refractivity contribution in [3.05, 3.63) is 12.2 Å². The second kappa shape index (κ2) is 2.08. The maximum Gasteiger partial charge on any atom is 0.137 e. The zero-order chi connectivity index (χ0) is 6.97. The van der Waals surface area contributed by atoms with Gasteiger partial charge >= 0.3 is 0 Å². The minimum atomic E-state index is 0.664. The van der Waals surface area contributed by atoms with Gasteiger partial charge in [0.1, 0.15) is 12.2 Å². The average Bonchev–Trinajstić information content (AvgIpc) is 2.31. The summed E-state index contributed by atoms with van der Waals surface area (Å²) in [6.07, 6.45) is 4.13.